The Morgan fingerprint density at radius 3 is 2.19 bits per heavy atom. The van der Waals surface area contributed by atoms with Gasteiger partial charge >= 0.3 is 0 Å². The first-order chi connectivity index (χ1) is 7.60. The summed E-state index contributed by atoms with van der Waals surface area (Å²) in [4.78, 5) is 23.1. The number of hydrogen-bond donors (Lipinski definition) is 0. The lowest BCUT2D eigenvalue weighted by Gasteiger charge is -2.12. The van der Waals surface area contributed by atoms with Crippen molar-refractivity contribution >= 4 is 11.6 Å². The highest BCUT2D eigenvalue weighted by atomic mass is 16.5. The Balaban J connectivity index is 3.02. The van der Waals surface area contributed by atoms with Gasteiger partial charge < -0.3 is 4.74 Å². The molecular weight excluding hydrogens is 204 g/mol. The van der Waals surface area contributed by atoms with Crippen LogP contribution in [0.3, 0.4) is 0 Å². The maximum absolute atomic E-state index is 11.7. The maximum Gasteiger partial charge on any atom is 0.147 e. The van der Waals surface area contributed by atoms with Crippen molar-refractivity contribution in [2.45, 2.75) is 26.2 Å². The molecule has 0 aliphatic carbocycles. The molecule has 1 aromatic carbocycles. The minimum absolute atomic E-state index is 0.0438. The predicted molar refractivity (Wildman–Crippen MR) is 61.7 cm³/mol. The monoisotopic (exact) mass is 220 g/mol. The molecule has 0 aliphatic heterocycles. The summed E-state index contributed by atoms with van der Waals surface area (Å²) in [7, 11) is 1.58. The van der Waals surface area contributed by atoms with Gasteiger partial charge in [-0.3, -0.25) is 9.59 Å². The van der Waals surface area contributed by atoms with Crippen LogP contribution in [0.1, 0.15) is 31.7 Å². The second-order valence-electron chi connectivity index (χ2n) is 3.64. The Kier molecular flexibility index (Phi) is 4.23. The van der Waals surface area contributed by atoms with Crippen molar-refractivity contribution in [3.8, 4) is 5.75 Å². The molecule has 1 aromatic rings. The largest absolute Gasteiger partial charge is 0.497 e. The summed E-state index contributed by atoms with van der Waals surface area (Å²) >= 11 is 0. The molecule has 0 amide bonds. The first kappa shape index (κ1) is 12.4. The van der Waals surface area contributed by atoms with Crippen LogP contribution in [0.5, 0.6) is 5.75 Å². The van der Waals surface area contributed by atoms with Crippen LogP contribution >= 0.6 is 0 Å². The molecule has 0 saturated carbocycles. The van der Waals surface area contributed by atoms with E-state index in [1.54, 1.807) is 38.3 Å². The van der Waals surface area contributed by atoms with Crippen LogP contribution in [0.4, 0.5) is 0 Å². The predicted octanol–water partition coefficient (Wildman–Crippen LogP) is 2.35. The number of Topliss-reactive ketones (excluding diaryl/α,β-unsaturated/α-hetero) is 2. The lowest BCUT2D eigenvalue weighted by Crippen LogP contribution is -2.18. The van der Waals surface area contributed by atoms with Crippen LogP contribution in [0, 0.1) is 0 Å². The van der Waals surface area contributed by atoms with Crippen molar-refractivity contribution < 1.29 is 14.3 Å². The maximum atomic E-state index is 11.7. The Bertz CT molecular complexity index is 379. The lowest BCUT2D eigenvalue weighted by molar-refractivity contribution is -0.127. The van der Waals surface area contributed by atoms with Gasteiger partial charge in [0.25, 0.3) is 0 Å². The molecule has 0 N–H and O–H groups in total. The van der Waals surface area contributed by atoms with Crippen molar-refractivity contribution in [1.29, 1.82) is 0 Å². The Hall–Kier alpha value is -1.64. The van der Waals surface area contributed by atoms with Crippen LogP contribution in [-0.2, 0) is 9.59 Å². The molecule has 3 nitrogen and oxygen atoms in total. The van der Waals surface area contributed by atoms with E-state index in [0.29, 0.717) is 6.42 Å². The molecule has 1 atom stereocenters. The highest BCUT2D eigenvalue weighted by molar-refractivity contribution is 6.06. The third-order valence-corrected chi connectivity index (χ3v) is 2.53. The minimum Gasteiger partial charge on any atom is -0.497 e. The summed E-state index contributed by atoms with van der Waals surface area (Å²) in [6, 6.07) is 7.04. The number of rotatable bonds is 5. The average Bonchev–Trinajstić information content (AvgIpc) is 2.29. The van der Waals surface area contributed by atoms with Gasteiger partial charge in [-0.05, 0) is 24.6 Å². The standard InChI is InChI=1S/C13H16O3/c1-4-12(15)13(9(2)14)10-5-7-11(16-3)8-6-10/h5-8,13H,4H2,1-3H3. The van der Waals surface area contributed by atoms with E-state index in [0.717, 1.165) is 11.3 Å². The first-order valence-electron chi connectivity index (χ1n) is 5.27. The lowest BCUT2D eigenvalue weighted by atomic mass is 9.90. The van der Waals surface area contributed by atoms with E-state index in [4.69, 9.17) is 4.74 Å². The van der Waals surface area contributed by atoms with Crippen molar-refractivity contribution in [2.24, 2.45) is 0 Å². The SMILES string of the molecule is CCC(=O)C(C(C)=O)c1ccc(OC)cc1. The molecule has 3 heteroatoms. The summed E-state index contributed by atoms with van der Waals surface area (Å²) in [5.41, 5.74) is 0.736. The fourth-order valence-electron chi connectivity index (χ4n) is 1.65. The average molecular weight is 220 g/mol. The molecule has 0 aromatic heterocycles. The fourth-order valence-corrected chi connectivity index (χ4v) is 1.65. The van der Waals surface area contributed by atoms with E-state index < -0.39 is 5.92 Å². The van der Waals surface area contributed by atoms with Gasteiger partial charge in [0, 0.05) is 6.42 Å². The number of methoxy groups -OCH3 is 1. The van der Waals surface area contributed by atoms with E-state index >= 15 is 0 Å². The molecular formula is C13H16O3. The molecule has 1 rings (SSSR count). The van der Waals surface area contributed by atoms with E-state index in [2.05, 4.69) is 0 Å². The molecule has 0 bridgehead atoms. The molecule has 0 fully saturated rings. The van der Waals surface area contributed by atoms with Gasteiger partial charge in [-0.25, -0.2) is 0 Å². The van der Waals surface area contributed by atoms with Crippen LogP contribution in [0.2, 0.25) is 0 Å². The van der Waals surface area contributed by atoms with Crippen LogP contribution in [0.25, 0.3) is 0 Å². The zero-order valence-electron chi connectivity index (χ0n) is 9.82. The zero-order chi connectivity index (χ0) is 12.1. The highest BCUT2D eigenvalue weighted by Crippen LogP contribution is 2.22. The van der Waals surface area contributed by atoms with Gasteiger partial charge in [0.2, 0.25) is 0 Å². The number of carbonyl (C=O) groups is 2. The molecule has 16 heavy (non-hydrogen) atoms. The quantitative estimate of drug-likeness (QED) is 0.715. The number of hydrogen-bond acceptors (Lipinski definition) is 3. The first-order valence-corrected chi connectivity index (χ1v) is 5.27. The second kappa shape index (κ2) is 5.45. The fraction of sp³-hybridized carbons (Fsp3) is 0.385. The zero-order valence-corrected chi connectivity index (χ0v) is 9.82. The number of benzene rings is 1. The highest BCUT2D eigenvalue weighted by Gasteiger charge is 2.23. The third kappa shape index (κ3) is 2.69. The Morgan fingerprint density at radius 2 is 1.81 bits per heavy atom. The van der Waals surface area contributed by atoms with E-state index in [1.165, 1.54) is 6.92 Å². The molecule has 0 aliphatic rings. The number of ether oxygens (including phenoxy) is 1. The smallest absolute Gasteiger partial charge is 0.147 e. The van der Waals surface area contributed by atoms with Crippen molar-refractivity contribution in [3.63, 3.8) is 0 Å². The summed E-state index contributed by atoms with van der Waals surface area (Å²) in [5.74, 6) is -0.0689. The van der Waals surface area contributed by atoms with Gasteiger partial charge in [0.05, 0.1) is 7.11 Å². The van der Waals surface area contributed by atoms with Crippen LogP contribution < -0.4 is 4.74 Å². The molecule has 0 heterocycles. The topological polar surface area (TPSA) is 43.4 Å². The van der Waals surface area contributed by atoms with Crippen molar-refractivity contribution in [2.75, 3.05) is 7.11 Å². The molecule has 0 radical (unpaired) electrons. The van der Waals surface area contributed by atoms with Gasteiger partial charge in [0.1, 0.15) is 23.2 Å². The van der Waals surface area contributed by atoms with Gasteiger partial charge in [-0.1, -0.05) is 19.1 Å². The van der Waals surface area contributed by atoms with Gasteiger partial charge in [-0.2, -0.15) is 0 Å². The third-order valence-electron chi connectivity index (χ3n) is 2.53. The molecule has 0 saturated heterocycles. The summed E-state index contributed by atoms with van der Waals surface area (Å²) in [6.45, 7) is 3.21. The minimum atomic E-state index is -0.629. The van der Waals surface area contributed by atoms with Gasteiger partial charge in [-0.15, -0.1) is 0 Å². The van der Waals surface area contributed by atoms with Crippen molar-refractivity contribution in [3.05, 3.63) is 29.8 Å². The summed E-state index contributed by atoms with van der Waals surface area (Å²) in [6.07, 6.45) is 0.371. The summed E-state index contributed by atoms with van der Waals surface area (Å²) in [5, 5.41) is 0. The number of ketones is 2. The van der Waals surface area contributed by atoms with E-state index in [-0.39, 0.29) is 11.6 Å². The van der Waals surface area contributed by atoms with Crippen LogP contribution in [-0.4, -0.2) is 18.7 Å². The van der Waals surface area contributed by atoms with E-state index in [1.807, 2.05) is 0 Å². The van der Waals surface area contributed by atoms with E-state index in [9.17, 15) is 9.59 Å². The Morgan fingerprint density at radius 1 is 1.25 bits per heavy atom. The van der Waals surface area contributed by atoms with Crippen LogP contribution in [0.15, 0.2) is 24.3 Å². The normalized spacial score (nSPS) is 11.9. The van der Waals surface area contributed by atoms with Gasteiger partial charge in [0.15, 0.2) is 0 Å². The molecule has 0 spiro atoms. The number of carbonyl (C=O) groups excluding carboxylic acids is 2. The second-order valence-corrected chi connectivity index (χ2v) is 3.64. The van der Waals surface area contributed by atoms with Crippen molar-refractivity contribution in [1.82, 2.24) is 0 Å². The molecule has 1 unspecified atom stereocenters. The summed E-state index contributed by atoms with van der Waals surface area (Å²) < 4.78 is 5.03. The Labute approximate surface area is 95.4 Å². The molecule has 86 valence electrons.